The average molecular weight is 266 g/mol. The van der Waals surface area contributed by atoms with Crippen molar-refractivity contribution in [1.29, 1.82) is 0 Å². The molecule has 1 N–H and O–H groups in total. The third kappa shape index (κ3) is 3.12. The van der Waals surface area contributed by atoms with E-state index in [2.05, 4.69) is 15.3 Å². The van der Waals surface area contributed by atoms with Gasteiger partial charge in [-0.25, -0.2) is 18.7 Å². The lowest BCUT2D eigenvalue weighted by atomic mass is 10.3. The van der Waals surface area contributed by atoms with Crippen molar-refractivity contribution in [2.75, 3.05) is 6.54 Å². The van der Waals surface area contributed by atoms with Crippen molar-refractivity contribution in [2.24, 2.45) is 0 Å². The Labute approximate surface area is 108 Å². The van der Waals surface area contributed by atoms with Gasteiger partial charge in [0.05, 0.1) is 6.20 Å². The minimum atomic E-state index is -0.976. The molecule has 0 radical (unpaired) electrons. The number of aryl methyl sites for hydroxylation is 1. The lowest BCUT2D eigenvalue weighted by molar-refractivity contribution is 0.0942. The molecule has 0 aliphatic rings. The van der Waals surface area contributed by atoms with E-state index in [4.69, 9.17) is 0 Å². The normalized spacial score (nSPS) is 10.5. The molecule has 5 nitrogen and oxygen atoms in total. The fourth-order valence-electron chi connectivity index (χ4n) is 1.60. The Morgan fingerprint density at radius 2 is 2.21 bits per heavy atom. The lowest BCUT2D eigenvalue weighted by Crippen LogP contribution is -2.29. The Morgan fingerprint density at radius 1 is 1.42 bits per heavy atom. The molecule has 2 rings (SSSR count). The molecule has 0 saturated carbocycles. The molecule has 2 aromatic rings. The van der Waals surface area contributed by atoms with Crippen LogP contribution in [0.2, 0.25) is 0 Å². The van der Waals surface area contributed by atoms with Crippen LogP contribution in [-0.2, 0) is 6.54 Å². The number of amides is 1. The van der Waals surface area contributed by atoms with Gasteiger partial charge in [-0.2, -0.15) is 0 Å². The van der Waals surface area contributed by atoms with Gasteiger partial charge in [0.15, 0.2) is 11.5 Å². The maximum Gasteiger partial charge on any atom is 0.272 e. The standard InChI is InChI=1S/C12H12F2N4O/c1-8-15-2-4-18(8)5-3-16-12(19)11-10(14)6-9(13)7-17-11/h2,4,6-7H,3,5H2,1H3,(H,16,19). The molecule has 0 aliphatic carbocycles. The summed E-state index contributed by atoms with van der Waals surface area (Å²) in [6, 6.07) is 0.627. The van der Waals surface area contributed by atoms with Gasteiger partial charge in [0.25, 0.3) is 5.91 Å². The maximum absolute atomic E-state index is 13.3. The number of halogens is 2. The van der Waals surface area contributed by atoms with Crippen LogP contribution < -0.4 is 5.32 Å². The maximum atomic E-state index is 13.3. The first-order valence-electron chi connectivity index (χ1n) is 5.65. The monoisotopic (exact) mass is 266 g/mol. The van der Waals surface area contributed by atoms with E-state index in [-0.39, 0.29) is 0 Å². The summed E-state index contributed by atoms with van der Waals surface area (Å²) in [5.41, 5.74) is -0.413. The van der Waals surface area contributed by atoms with E-state index in [0.717, 1.165) is 12.0 Å². The van der Waals surface area contributed by atoms with Gasteiger partial charge in [-0.3, -0.25) is 4.79 Å². The highest BCUT2D eigenvalue weighted by Gasteiger charge is 2.13. The molecule has 2 heterocycles. The molecular formula is C12H12F2N4O. The van der Waals surface area contributed by atoms with Gasteiger partial charge in [-0.05, 0) is 6.92 Å². The SMILES string of the molecule is Cc1nccn1CCNC(=O)c1ncc(F)cc1F. The molecule has 0 unspecified atom stereocenters. The van der Waals surface area contributed by atoms with Gasteiger partial charge < -0.3 is 9.88 Å². The Bertz CT molecular complexity index is 597. The van der Waals surface area contributed by atoms with Crippen molar-refractivity contribution in [3.05, 3.63) is 47.8 Å². The van der Waals surface area contributed by atoms with Crippen molar-refractivity contribution >= 4 is 5.91 Å². The number of nitrogens with zero attached hydrogens (tertiary/aromatic N) is 3. The summed E-state index contributed by atoms with van der Waals surface area (Å²) in [7, 11) is 0. The van der Waals surface area contributed by atoms with E-state index in [0.29, 0.717) is 19.2 Å². The number of imidazole rings is 1. The Kier molecular flexibility index (Phi) is 3.84. The molecule has 7 heteroatoms. The number of nitrogens with one attached hydrogen (secondary N) is 1. The van der Waals surface area contributed by atoms with Crippen molar-refractivity contribution in [2.45, 2.75) is 13.5 Å². The fourth-order valence-corrected chi connectivity index (χ4v) is 1.60. The molecule has 0 atom stereocenters. The van der Waals surface area contributed by atoms with Crippen LogP contribution in [-0.4, -0.2) is 27.0 Å². The van der Waals surface area contributed by atoms with E-state index in [1.54, 1.807) is 12.4 Å². The van der Waals surface area contributed by atoms with Gasteiger partial charge >= 0.3 is 0 Å². The Balaban J connectivity index is 1.93. The number of rotatable bonds is 4. The minimum Gasteiger partial charge on any atom is -0.349 e. The highest BCUT2D eigenvalue weighted by molar-refractivity contribution is 5.92. The smallest absolute Gasteiger partial charge is 0.272 e. The van der Waals surface area contributed by atoms with E-state index >= 15 is 0 Å². The zero-order valence-electron chi connectivity index (χ0n) is 10.2. The van der Waals surface area contributed by atoms with E-state index in [1.807, 2.05) is 11.5 Å². The van der Waals surface area contributed by atoms with Crippen LogP contribution in [0.15, 0.2) is 24.7 Å². The molecule has 0 aliphatic heterocycles. The molecule has 100 valence electrons. The molecule has 0 spiro atoms. The Morgan fingerprint density at radius 3 is 2.84 bits per heavy atom. The second-order valence-electron chi connectivity index (χ2n) is 3.91. The quantitative estimate of drug-likeness (QED) is 0.907. The number of hydrogen-bond acceptors (Lipinski definition) is 3. The largest absolute Gasteiger partial charge is 0.349 e. The first-order chi connectivity index (χ1) is 9.08. The third-order valence-corrected chi connectivity index (χ3v) is 2.58. The van der Waals surface area contributed by atoms with Gasteiger partial charge in [-0.1, -0.05) is 0 Å². The second kappa shape index (κ2) is 5.55. The van der Waals surface area contributed by atoms with E-state index in [1.165, 1.54) is 0 Å². The van der Waals surface area contributed by atoms with Gasteiger partial charge in [0.1, 0.15) is 11.6 Å². The summed E-state index contributed by atoms with van der Waals surface area (Å²) in [4.78, 5) is 19.1. The van der Waals surface area contributed by atoms with Crippen LogP contribution >= 0.6 is 0 Å². The van der Waals surface area contributed by atoms with E-state index in [9.17, 15) is 13.6 Å². The lowest BCUT2D eigenvalue weighted by Gasteiger charge is -2.07. The van der Waals surface area contributed by atoms with Gasteiger partial charge in [0.2, 0.25) is 0 Å². The summed E-state index contributed by atoms with van der Waals surface area (Å²) in [6.45, 7) is 2.65. The van der Waals surface area contributed by atoms with Gasteiger partial charge in [-0.15, -0.1) is 0 Å². The van der Waals surface area contributed by atoms with Gasteiger partial charge in [0, 0.05) is 31.5 Å². The van der Waals surface area contributed by atoms with Crippen LogP contribution in [0.3, 0.4) is 0 Å². The molecule has 0 saturated heterocycles. The number of hydrogen-bond donors (Lipinski definition) is 1. The molecular weight excluding hydrogens is 254 g/mol. The summed E-state index contributed by atoms with van der Waals surface area (Å²) >= 11 is 0. The highest BCUT2D eigenvalue weighted by Crippen LogP contribution is 2.05. The minimum absolute atomic E-state index is 0.300. The van der Waals surface area contributed by atoms with Crippen LogP contribution in [0.5, 0.6) is 0 Å². The second-order valence-corrected chi connectivity index (χ2v) is 3.91. The molecule has 19 heavy (non-hydrogen) atoms. The topological polar surface area (TPSA) is 59.8 Å². The molecule has 0 aromatic carbocycles. The van der Waals surface area contributed by atoms with Crippen LogP contribution in [0.4, 0.5) is 8.78 Å². The Hall–Kier alpha value is -2.31. The van der Waals surface area contributed by atoms with Crippen molar-refractivity contribution in [1.82, 2.24) is 19.9 Å². The van der Waals surface area contributed by atoms with Crippen molar-refractivity contribution < 1.29 is 13.6 Å². The third-order valence-electron chi connectivity index (χ3n) is 2.58. The van der Waals surface area contributed by atoms with Crippen molar-refractivity contribution in [3.8, 4) is 0 Å². The fraction of sp³-hybridized carbons (Fsp3) is 0.250. The average Bonchev–Trinajstić information content (AvgIpc) is 2.75. The summed E-state index contributed by atoms with van der Waals surface area (Å²) in [5.74, 6) is -1.64. The van der Waals surface area contributed by atoms with Crippen LogP contribution in [0, 0.1) is 18.6 Å². The number of carbonyl (C=O) groups excluding carboxylic acids is 1. The molecule has 1 amide bonds. The van der Waals surface area contributed by atoms with Crippen LogP contribution in [0.25, 0.3) is 0 Å². The zero-order chi connectivity index (χ0) is 13.8. The van der Waals surface area contributed by atoms with E-state index < -0.39 is 23.2 Å². The summed E-state index contributed by atoms with van der Waals surface area (Å²) in [5, 5.41) is 2.51. The number of pyridine rings is 1. The molecule has 0 fully saturated rings. The molecule has 0 bridgehead atoms. The molecule has 2 aromatic heterocycles. The number of carbonyl (C=O) groups is 1. The van der Waals surface area contributed by atoms with Crippen LogP contribution in [0.1, 0.15) is 16.3 Å². The zero-order valence-corrected chi connectivity index (χ0v) is 10.2. The van der Waals surface area contributed by atoms with Crippen molar-refractivity contribution in [3.63, 3.8) is 0 Å². The first-order valence-corrected chi connectivity index (χ1v) is 5.65. The number of aromatic nitrogens is 3. The summed E-state index contributed by atoms with van der Waals surface area (Å²) < 4.78 is 27.8. The predicted octanol–water partition coefficient (Wildman–Crippen LogP) is 1.29. The highest BCUT2D eigenvalue weighted by atomic mass is 19.1. The summed E-state index contributed by atoms with van der Waals surface area (Å²) in [6.07, 6.45) is 4.23. The first kappa shape index (κ1) is 13.1. The predicted molar refractivity (Wildman–Crippen MR) is 63.5 cm³/mol.